The van der Waals surface area contributed by atoms with E-state index in [0.29, 0.717) is 11.0 Å². The number of carbonyl (C=O) groups is 4. The summed E-state index contributed by atoms with van der Waals surface area (Å²) in [6.07, 6.45) is -6.07. The summed E-state index contributed by atoms with van der Waals surface area (Å²) in [6.45, 7) is 0. The molecule has 2 fully saturated rings. The van der Waals surface area contributed by atoms with Crippen molar-refractivity contribution in [2.75, 3.05) is 4.90 Å². The third kappa shape index (κ3) is 3.25. The van der Waals surface area contributed by atoms with Crippen LogP contribution in [0.1, 0.15) is 37.9 Å². The Morgan fingerprint density at radius 1 is 0.816 bits per heavy atom. The maximum atomic E-state index is 13.9. The predicted octanol–water partition coefficient (Wildman–Crippen LogP) is 5.71. The van der Waals surface area contributed by atoms with Crippen LogP contribution in [-0.4, -0.2) is 29.0 Å². The quantitative estimate of drug-likeness (QED) is 0.297. The molecule has 2 heterocycles. The number of ketones is 2. The van der Waals surface area contributed by atoms with Gasteiger partial charge in [0, 0.05) is 26.7 Å². The smallest absolute Gasteiger partial charge is 0.349 e. The van der Waals surface area contributed by atoms with Gasteiger partial charge in [0.1, 0.15) is 0 Å². The molecule has 2 saturated heterocycles. The fourth-order valence-electron chi connectivity index (χ4n) is 5.61. The molecule has 1 aliphatic carbocycles. The Bertz CT molecular complexity index is 1550. The van der Waals surface area contributed by atoms with Gasteiger partial charge in [-0.15, -0.1) is 0 Å². The molecule has 11 heteroatoms. The summed E-state index contributed by atoms with van der Waals surface area (Å²) < 4.78 is 46.4. The van der Waals surface area contributed by atoms with Crippen molar-refractivity contribution in [1.82, 2.24) is 0 Å². The molecule has 0 N–H and O–H groups in total. The zero-order chi connectivity index (χ0) is 27.1. The largest absolute Gasteiger partial charge is 0.416 e. The SMILES string of the molecule is O=C1[C@@H]2[C@@H](c3ccc(Cl)cc3Cl)OC3(C(=O)c4ccccc4C3=O)[C@@H]2C(=O)N1c1cccc(C(F)(F)F)c1. The van der Waals surface area contributed by atoms with Gasteiger partial charge in [0.2, 0.25) is 29.0 Å². The lowest BCUT2D eigenvalue weighted by molar-refractivity contribution is -0.137. The molecular weight excluding hydrogens is 546 g/mol. The molecule has 3 aromatic rings. The van der Waals surface area contributed by atoms with Gasteiger partial charge in [-0.3, -0.25) is 19.2 Å². The van der Waals surface area contributed by atoms with Crippen molar-refractivity contribution in [3.05, 3.63) is 99.0 Å². The molecule has 3 atom stereocenters. The van der Waals surface area contributed by atoms with Crippen LogP contribution in [0.15, 0.2) is 66.7 Å². The molecule has 0 radical (unpaired) electrons. The Hall–Kier alpha value is -3.53. The van der Waals surface area contributed by atoms with Crippen LogP contribution in [0.3, 0.4) is 0 Å². The van der Waals surface area contributed by atoms with Gasteiger partial charge < -0.3 is 4.74 Å². The first kappa shape index (κ1) is 24.8. The van der Waals surface area contributed by atoms with Crippen LogP contribution < -0.4 is 4.90 Å². The number of hydrogen-bond acceptors (Lipinski definition) is 5. The Morgan fingerprint density at radius 3 is 2.08 bits per heavy atom. The van der Waals surface area contributed by atoms with Crippen molar-refractivity contribution >= 4 is 52.3 Å². The van der Waals surface area contributed by atoms with Crippen LogP contribution in [-0.2, 0) is 20.5 Å². The molecule has 6 nitrogen and oxygen atoms in total. The molecule has 0 aromatic heterocycles. The van der Waals surface area contributed by atoms with Crippen LogP contribution in [0.2, 0.25) is 10.0 Å². The zero-order valence-electron chi connectivity index (χ0n) is 19.0. The average Bonchev–Trinajstić information content (AvgIpc) is 3.43. The Labute approximate surface area is 222 Å². The Morgan fingerprint density at radius 2 is 1.47 bits per heavy atom. The van der Waals surface area contributed by atoms with Gasteiger partial charge in [-0.05, 0) is 30.3 Å². The van der Waals surface area contributed by atoms with E-state index in [2.05, 4.69) is 0 Å². The van der Waals surface area contributed by atoms with Gasteiger partial charge in [0.05, 0.1) is 29.2 Å². The van der Waals surface area contributed by atoms with Crippen LogP contribution >= 0.6 is 23.2 Å². The Balaban J connectivity index is 1.54. The highest BCUT2D eigenvalue weighted by Crippen LogP contribution is 2.58. The summed E-state index contributed by atoms with van der Waals surface area (Å²) in [5.41, 5.74) is -3.54. The van der Waals surface area contributed by atoms with E-state index in [4.69, 9.17) is 27.9 Å². The van der Waals surface area contributed by atoms with Gasteiger partial charge in [-0.25, -0.2) is 4.90 Å². The molecular formula is C27H14Cl2F3NO5. The summed E-state index contributed by atoms with van der Waals surface area (Å²) in [5, 5.41) is 0.328. The van der Waals surface area contributed by atoms with E-state index in [9.17, 15) is 32.3 Å². The van der Waals surface area contributed by atoms with Crippen molar-refractivity contribution in [2.24, 2.45) is 11.8 Å². The monoisotopic (exact) mass is 559 g/mol. The van der Waals surface area contributed by atoms with Crippen molar-refractivity contribution in [3.8, 4) is 0 Å². The van der Waals surface area contributed by atoms with E-state index < -0.39 is 58.7 Å². The zero-order valence-corrected chi connectivity index (χ0v) is 20.5. The molecule has 6 rings (SSSR count). The highest BCUT2D eigenvalue weighted by Gasteiger charge is 2.75. The van der Waals surface area contributed by atoms with Crippen molar-refractivity contribution < 1.29 is 37.1 Å². The highest BCUT2D eigenvalue weighted by molar-refractivity contribution is 6.37. The first-order valence-electron chi connectivity index (χ1n) is 11.3. The number of benzene rings is 3. The molecule has 3 aromatic carbocycles. The number of rotatable bonds is 2. The van der Waals surface area contributed by atoms with E-state index in [1.165, 1.54) is 36.4 Å². The van der Waals surface area contributed by atoms with Gasteiger partial charge in [0.15, 0.2) is 0 Å². The summed E-state index contributed by atoms with van der Waals surface area (Å²) in [4.78, 5) is 55.7. The standard InChI is InChI=1S/C27H14Cl2F3NO5/c28-13-8-9-17(18(29)11-13)21-19-20(26(38-21)22(34)15-6-1-2-7-16(15)23(26)35)25(37)33(24(19)36)14-5-3-4-12(10-14)27(30,31)32/h1-11,19-21H/t19-,20-,21+/m0/s1. The number of imide groups is 1. The van der Waals surface area contributed by atoms with Crippen LogP contribution in [0.5, 0.6) is 0 Å². The summed E-state index contributed by atoms with van der Waals surface area (Å²) in [6, 6.07) is 13.9. The first-order valence-corrected chi connectivity index (χ1v) is 12.1. The highest BCUT2D eigenvalue weighted by atomic mass is 35.5. The van der Waals surface area contributed by atoms with E-state index >= 15 is 0 Å². The molecule has 3 aliphatic rings. The van der Waals surface area contributed by atoms with Gasteiger partial charge in [0.25, 0.3) is 0 Å². The first-order chi connectivity index (χ1) is 18.0. The van der Waals surface area contributed by atoms with Gasteiger partial charge >= 0.3 is 6.18 Å². The second-order valence-electron chi connectivity index (χ2n) is 9.21. The fourth-order valence-corrected chi connectivity index (χ4v) is 6.12. The number of Topliss-reactive ketones (excluding diaryl/α,β-unsaturated/α-hetero) is 2. The lowest BCUT2D eigenvalue weighted by Gasteiger charge is -2.27. The van der Waals surface area contributed by atoms with Crippen molar-refractivity contribution in [1.29, 1.82) is 0 Å². The van der Waals surface area contributed by atoms with Crippen molar-refractivity contribution in [2.45, 2.75) is 17.9 Å². The number of alkyl halides is 3. The third-order valence-electron chi connectivity index (χ3n) is 7.22. The minimum atomic E-state index is -4.74. The van der Waals surface area contributed by atoms with E-state index in [1.807, 2.05) is 0 Å². The molecule has 0 saturated carbocycles. The number of hydrogen-bond donors (Lipinski definition) is 0. The second-order valence-corrected chi connectivity index (χ2v) is 10.1. The average molecular weight is 560 g/mol. The lowest BCUT2D eigenvalue weighted by Crippen LogP contribution is -2.51. The number of nitrogens with zero attached hydrogens (tertiary/aromatic N) is 1. The maximum absolute atomic E-state index is 13.9. The molecule has 0 bridgehead atoms. The van der Waals surface area contributed by atoms with Gasteiger partial charge in [-0.2, -0.15) is 13.2 Å². The third-order valence-corrected chi connectivity index (χ3v) is 7.78. The van der Waals surface area contributed by atoms with Crippen molar-refractivity contribution in [3.63, 3.8) is 0 Å². The fraction of sp³-hybridized carbons (Fsp3) is 0.185. The van der Waals surface area contributed by atoms with E-state index in [-0.39, 0.29) is 32.4 Å². The number of fused-ring (bicyclic) bond motifs is 3. The summed E-state index contributed by atoms with van der Waals surface area (Å²) >= 11 is 12.4. The second kappa shape index (κ2) is 8.23. The molecule has 1 spiro atoms. The number of ether oxygens (including phenoxy) is 1. The predicted molar refractivity (Wildman–Crippen MR) is 129 cm³/mol. The molecule has 2 amide bonds. The normalized spacial score (nSPS) is 23.9. The molecule has 2 aliphatic heterocycles. The van der Waals surface area contributed by atoms with Crippen LogP contribution in [0.4, 0.5) is 18.9 Å². The van der Waals surface area contributed by atoms with E-state index in [1.54, 1.807) is 12.1 Å². The lowest BCUT2D eigenvalue weighted by atomic mass is 9.77. The number of anilines is 1. The Kier molecular flexibility index (Phi) is 5.37. The molecule has 38 heavy (non-hydrogen) atoms. The summed E-state index contributed by atoms with van der Waals surface area (Å²) in [7, 11) is 0. The maximum Gasteiger partial charge on any atom is 0.416 e. The summed E-state index contributed by atoms with van der Waals surface area (Å²) in [5.74, 6) is -6.57. The minimum absolute atomic E-state index is 0.0249. The van der Waals surface area contributed by atoms with Crippen LogP contribution in [0, 0.1) is 11.8 Å². The topological polar surface area (TPSA) is 80.8 Å². The van der Waals surface area contributed by atoms with Gasteiger partial charge in [-0.1, -0.05) is 59.6 Å². The number of amides is 2. The minimum Gasteiger partial charge on any atom is -0.349 e. The number of carbonyl (C=O) groups excluding carboxylic acids is 4. The molecule has 192 valence electrons. The number of halogens is 5. The van der Waals surface area contributed by atoms with Crippen LogP contribution in [0.25, 0.3) is 0 Å². The van der Waals surface area contributed by atoms with E-state index in [0.717, 1.165) is 12.1 Å². The molecule has 0 unspecified atom stereocenters.